The Labute approximate surface area is 94.3 Å². The van der Waals surface area contributed by atoms with E-state index in [2.05, 4.69) is 0 Å². The van der Waals surface area contributed by atoms with E-state index in [1.54, 1.807) is 0 Å². The normalized spacial score (nSPS) is 14.9. The Balaban J connectivity index is 2.86. The molecule has 2 N–H and O–H groups in total. The van der Waals surface area contributed by atoms with Crippen molar-refractivity contribution >= 4 is 10.8 Å². The van der Waals surface area contributed by atoms with Crippen LogP contribution in [0.25, 0.3) is 0 Å². The predicted octanol–water partition coefficient (Wildman–Crippen LogP) is 2.01. The highest BCUT2D eigenvalue weighted by Crippen LogP contribution is 2.16. The standard InChI is InChI=1S/C12H19NOS/c1-9-4-5-11(3)12(6-9)15(14)8-10(2)7-13/h4-6,10H,7-8,13H2,1-3H3. The van der Waals surface area contributed by atoms with E-state index in [1.165, 1.54) is 0 Å². The lowest BCUT2D eigenvalue weighted by molar-refractivity contribution is 0.640. The molecule has 0 heterocycles. The van der Waals surface area contributed by atoms with Crippen LogP contribution in [0.2, 0.25) is 0 Å². The smallest absolute Gasteiger partial charge is 0.0535 e. The van der Waals surface area contributed by atoms with Crippen LogP contribution in [0.5, 0.6) is 0 Å². The summed E-state index contributed by atoms with van der Waals surface area (Å²) >= 11 is 0. The number of hydrogen-bond donors (Lipinski definition) is 1. The first-order valence-electron chi connectivity index (χ1n) is 5.20. The second kappa shape index (κ2) is 5.42. The maximum absolute atomic E-state index is 12.0. The summed E-state index contributed by atoms with van der Waals surface area (Å²) < 4.78 is 12.0. The summed E-state index contributed by atoms with van der Waals surface area (Å²) in [6.07, 6.45) is 0. The van der Waals surface area contributed by atoms with E-state index in [1.807, 2.05) is 39.0 Å². The summed E-state index contributed by atoms with van der Waals surface area (Å²) in [4.78, 5) is 0.954. The van der Waals surface area contributed by atoms with Gasteiger partial charge in [-0.2, -0.15) is 0 Å². The van der Waals surface area contributed by atoms with E-state index in [0.717, 1.165) is 16.0 Å². The largest absolute Gasteiger partial charge is 0.330 e. The Bertz CT molecular complexity index is 363. The topological polar surface area (TPSA) is 43.1 Å². The van der Waals surface area contributed by atoms with E-state index in [9.17, 15) is 4.21 Å². The SMILES string of the molecule is Cc1ccc(C)c(S(=O)CC(C)CN)c1. The predicted molar refractivity (Wildman–Crippen MR) is 65.4 cm³/mol. The lowest BCUT2D eigenvalue weighted by Gasteiger charge is -2.10. The zero-order valence-corrected chi connectivity index (χ0v) is 10.4. The van der Waals surface area contributed by atoms with Crippen molar-refractivity contribution in [2.45, 2.75) is 25.7 Å². The van der Waals surface area contributed by atoms with Gasteiger partial charge in [0.15, 0.2) is 0 Å². The van der Waals surface area contributed by atoms with Crippen LogP contribution in [-0.4, -0.2) is 16.5 Å². The van der Waals surface area contributed by atoms with Crippen molar-refractivity contribution in [3.63, 3.8) is 0 Å². The van der Waals surface area contributed by atoms with Crippen molar-refractivity contribution in [2.24, 2.45) is 11.7 Å². The molecule has 0 saturated carbocycles. The Morgan fingerprint density at radius 2 is 2.07 bits per heavy atom. The number of rotatable bonds is 4. The summed E-state index contributed by atoms with van der Waals surface area (Å²) in [5, 5.41) is 0. The number of benzene rings is 1. The summed E-state index contributed by atoms with van der Waals surface area (Å²) in [7, 11) is -0.915. The molecule has 0 aliphatic rings. The van der Waals surface area contributed by atoms with Gasteiger partial charge in [0, 0.05) is 10.6 Å². The first-order valence-corrected chi connectivity index (χ1v) is 6.52. The average Bonchev–Trinajstić information content (AvgIpc) is 2.21. The molecule has 0 radical (unpaired) electrons. The third-order valence-corrected chi connectivity index (χ3v) is 4.23. The molecule has 0 fully saturated rings. The summed E-state index contributed by atoms with van der Waals surface area (Å²) in [6.45, 7) is 6.64. The fourth-order valence-electron chi connectivity index (χ4n) is 1.37. The van der Waals surface area contributed by atoms with Crippen LogP contribution in [0.3, 0.4) is 0 Å². The number of nitrogens with two attached hydrogens (primary N) is 1. The van der Waals surface area contributed by atoms with Crippen molar-refractivity contribution in [1.82, 2.24) is 0 Å². The maximum atomic E-state index is 12.0. The van der Waals surface area contributed by atoms with Gasteiger partial charge >= 0.3 is 0 Å². The van der Waals surface area contributed by atoms with Crippen LogP contribution in [0.1, 0.15) is 18.1 Å². The summed E-state index contributed by atoms with van der Waals surface area (Å²) in [5.74, 6) is 0.964. The van der Waals surface area contributed by atoms with Crippen molar-refractivity contribution in [1.29, 1.82) is 0 Å². The number of hydrogen-bond acceptors (Lipinski definition) is 2. The zero-order valence-electron chi connectivity index (χ0n) is 9.62. The van der Waals surface area contributed by atoms with Crippen LogP contribution < -0.4 is 5.73 Å². The molecule has 0 bridgehead atoms. The van der Waals surface area contributed by atoms with Gasteiger partial charge in [-0.25, -0.2) is 0 Å². The van der Waals surface area contributed by atoms with E-state index >= 15 is 0 Å². The molecule has 0 spiro atoms. The van der Waals surface area contributed by atoms with Crippen molar-refractivity contribution in [2.75, 3.05) is 12.3 Å². The van der Waals surface area contributed by atoms with E-state index in [0.29, 0.717) is 18.2 Å². The fourth-order valence-corrected chi connectivity index (χ4v) is 2.95. The maximum Gasteiger partial charge on any atom is 0.0535 e. The van der Waals surface area contributed by atoms with E-state index in [-0.39, 0.29) is 0 Å². The minimum absolute atomic E-state index is 0.311. The van der Waals surface area contributed by atoms with E-state index in [4.69, 9.17) is 5.73 Å². The Morgan fingerprint density at radius 1 is 1.40 bits per heavy atom. The van der Waals surface area contributed by atoms with Crippen LogP contribution in [-0.2, 0) is 10.8 Å². The van der Waals surface area contributed by atoms with Crippen LogP contribution >= 0.6 is 0 Å². The molecule has 1 aromatic carbocycles. The Hall–Kier alpha value is -0.670. The minimum Gasteiger partial charge on any atom is -0.330 e. The van der Waals surface area contributed by atoms with Crippen LogP contribution in [0, 0.1) is 19.8 Å². The summed E-state index contributed by atoms with van der Waals surface area (Å²) in [5.41, 5.74) is 7.79. The Morgan fingerprint density at radius 3 is 2.67 bits per heavy atom. The van der Waals surface area contributed by atoms with Gasteiger partial charge in [0.1, 0.15) is 0 Å². The second-order valence-electron chi connectivity index (χ2n) is 4.12. The second-order valence-corrected chi connectivity index (χ2v) is 5.59. The quantitative estimate of drug-likeness (QED) is 0.851. The van der Waals surface area contributed by atoms with Gasteiger partial charge in [-0.05, 0) is 43.5 Å². The average molecular weight is 225 g/mol. The van der Waals surface area contributed by atoms with Gasteiger partial charge in [0.05, 0.1) is 10.8 Å². The highest BCUT2D eigenvalue weighted by atomic mass is 32.2. The third-order valence-electron chi connectivity index (χ3n) is 2.43. The van der Waals surface area contributed by atoms with Gasteiger partial charge in [0.2, 0.25) is 0 Å². The molecule has 2 nitrogen and oxygen atoms in total. The monoisotopic (exact) mass is 225 g/mol. The molecule has 1 aromatic rings. The fraction of sp³-hybridized carbons (Fsp3) is 0.500. The molecular weight excluding hydrogens is 206 g/mol. The van der Waals surface area contributed by atoms with Gasteiger partial charge in [-0.15, -0.1) is 0 Å². The molecule has 3 heteroatoms. The first kappa shape index (κ1) is 12.4. The molecule has 0 aliphatic heterocycles. The molecule has 0 aliphatic carbocycles. The van der Waals surface area contributed by atoms with Gasteiger partial charge in [-0.1, -0.05) is 19.1 Å². The van der Waals surface area contributed by atoms with Crippen molar-refractivity contribution < 1.29 is 4.21 Å². The van der Waals surface area contributed by atoms with Crippen LogP contribution in [0.4, 0.5) is 0 Å². The third kappa shape index (κ3) is 3.43. The molecule has 15 heavy (non-hydrogen) atoms. The molecule has 2 unspecified atom stereocenters. The Kier molecular flexibility index (Phi) is 4.48. The molecule has 0 amide bonds. The van der Waals surface area contributed by atoms with E-state index < -0.39 is 10.8 Å². The van der Waals surface area contributed by atoms with Crippen molar-refractivity contribution in [3.8, 4) is 0 Å². The highest BCUT2D eigenvalue weighted by molar-refractivity contribution is 7.85. The minimum atomic E-state index is -0.915. The van der Waals surface area contributed by atoms with Crippen LogP contribution in [0.15, 0.2) is 23.1 Å². The zero-order chi connectivity index (χ0) is 11.4. The molecule has 1 rings (SSSR count). The highest BCUT2D eigenvalue weighted by Gasteiger charge is 2.10. The van der Waals surface area contributed by atoms with Gasteiger partial charge in [-0.3, -0.25) is 4.21 Å². The van der Waals surface area contributed by atoms with Crippen molar-refractivity contribution in [3.05, 3.63) is 29.3 Å². The molecule has 2 atom stereocenters. The molecule has 84 valence electrons. The lowest BCUT2D eigenvalue weighted by Crippen LogP contribution is -2.18. The number of aryl methyl sites for hydroxylation is 2. The molecule has 0 saturated heterocycles. The molecular formula is C12H19NOS. The van der Waals surface area contributed by atoms with Gasteiger partial charge < -0.3 is 5.73 Å². The molecule has 0 aromatic heterocycles. The summed E-state index contributed by atoms with van der Waals surface area (Å²) in [6, 6.07) is 6.08. The van der Waals surface area contributed by atoms with Gasteiger partial charge in [0.25, 0.3) is 0 Å². The lowest BCUT2D eigenvalue weighted by atomic mass is 10.2. The first-order chi connectivity index (χ1) is 7.04.